The van der Waals surface area contributed by atoms with Gasteiger partial charge in [0.1, 0.15) is 5.60 Å². The van der Waals surface area contributed by atoms with Crippen molar-refractivity contribution in [2.75, 3.05) is 20.2 Å². The molecule has 0 atom stereocenters. The highest BCUT2D eigenvalue weighted by Crippen LogP contribution is 2.34. The summed E-state index contributed by atoms with van der Waals surface area (Å²) in [6.07, 6.45) is -0.430. The number of carbonyl (C=O) groups excluding carboxylic acids is 2. The maximum atomic E-state index is 13.7. The largest absolute Gasteiger partial charge is 0.465 e. The second-order valence-electron chi connectivity index (χ2n) is 5.86. The van der Waals surface area contributed by atoms with Gasteiger partial charge in [0.2, 0.25) is 0 Å². The van der Waals surface area contributed by atoms with Crippen LogP contribution >= 0.6 is 0 Å². The van der Waals surface area contributed by atoms with Gasteiger partial charge in [0, 0.05) is 19.0 Å². The molecule has 0 bridgehead atoms. The first-order valence-corrected chi connectivity index (χ1v) is 6.52. The maximum absolute atomic E-state index is 13.7. The van der Waals surface area contributed by atoms with Crippen LogP contribution in [0.25, 0.3) is 0 Å². The Morgan fingerprint density at radius 2 is 1.65 bits per heavy atom. The predicted octanol–water partition coefficient (Wildman–Crippen LogP) is 2.44. The number of rotatable bonds is 2. The van der Waals surface area contributed by atoms with Gasteiger partial charge in [-0.2, -0.15) is 8.78 Å². The normalized spacial score (nSPS) is 17.8. The first-order valence-electron chi connectivity index (χ1n) is 6.52. The van der Waals surface area contributed by atoms with Gasteiger partial charge < -0.3 is 14.4 Å². The lowest BCUT2D eigenvalue weighted by molar-refractivity contribution is -0.179. The van der Waals surface area contributed by atoms with Crippen LogP contribution < -0.4 is 0 Å². The molecular formula is C13H21F2NO4. The summed E-state index contributed by atoms with van der Waals surface area (Å²) in [5, 5.41) is 0. The quantitative estimate of drug-likeness (QED) is 0.734. The van der Waals surface area contributed by atoms with Crippen LogP contribution in [0.15, 0.2) is 0 Å². The summed E-state index contributed by atoms with van der Waals surface area (Å²) in [6, 6.07) is 0. The van der Waals surface area contributed by atoms with Gasteiger partial charge >= 0.3 is 18.0 Å². The first-order chi connectivity index (χ1) is 9.08. The summed E-state index contributed by atoms with van der Waals surface area (Å²) >= 11 is 0. The lowest BCUT2D eigenvalue weighted by atomic mass is 9.90. The molecule has 1 heterocycles. The van der Waals surface area contributed by atoms with Crippen molar-refractivity contribution in [2.24, 2.45) is 5.92 Å². The van der Waals surface area contributed by atoms with Gasteiger partial charge in [-0.1, -0.05) is 0 Å². The molecule has 1 amide bonds. The van der Waals surface area contributed by atoms with Crippen LogP contribution in [0.4, 0.5) is 13.6 Å². The fourth-order valence-electron chi connectivity index (χ4n) is 2.05. The Morgan fingerprint density at radius 1 is 1.15 bits per heavy atom. The molecule has 0 spiro atoms. The highest BCUT2D eigenvalue weighted by molar-refractivity contribution is 5.77. The summed E-state index contributed by atoms with van der Waals surface area (Å²) in [6.45, 7) is 5.51. The van der Waals surface area contributed by atoms with E-state index < -0.39 is 29.5 Å². The van der Waals surface area contributed by atoms with Crippen LogP contribution in [-0.4, -0.2) is 48.7 Å². The Morgan fingerprint density at radius 3 is 2.05 bits per heavy atom. The monoisotopic (exact) mass is 293 g/mol. The van der Waals surface area contributed by atoms with Crippen LogP contribution in [0.2, 0.25) is 0 Å². The first kappa shape index (κ1) is 16.7. The van der Waals surface area contributed by atoms with Crippen molar-refractivity contribution in [2.45, 2.75) is 45.1 Å². The Labute approximate surface area is 117 Å². The van der Waals surface area contributed by atoms with Crippen LogP contribution in [0.5, 0.6) is 0 Å². The molecular weight excluding hydrogens is 272 g/mol. The molecule has 1 aliphatic rings. The molecule has 0 aromatic heterocycles. The Hall–Kier alpha value is -1.40. The number of likely N-dealkylation sites (tertiary alicyclic amines) is 1. The van der Waals surface area contributed by atoms with Crippen molar-refractivity contribution in [3.05, 3.63) is 0 Å². The molecule has 0 aromatic carbocycles. The van der Waals surface area contributed by atoms with Crippen molar-refractivity contribution < 1.29 is 27.8 Å². The molecule has 20 heavy (non-hydrogen) atoms. The lowest BCUT2D eigenvalue weighted by Crippen LogP contribution is -2.47. The van der Waals surface area contributed by atoms with Crippen LogP contribution in [-0.2, 0) is 14.3 Å². The molecule has 0 saturated carbocycles. The molecule has 0 radical (unpaired) electrons. The van der Waals surface area contributed by atoms with Gasteiger partial charge in [0.25, 0.3) is 0 Å². The third-order valence-corrected chi connectivity index (χ3v) is 3.12. The number of esters is 1. The van der Waals surface area contributed by atoms with E-state index in [1.807, 2.05) is 0 Å². The lowest BCUT2D eigenvalue weighted by Gasteiger charge is -2.35. The van der Waals surface area contributed by atoms with E-state index in [0.717, 1.165) is 7.11 Å². The number of alkyl halides is 2. The molecule has 5 nitrogen and oxygen atoms in total. The highest BCUT2D eigenvalue weighted by atomic mass is 19.3. The van der Waals surface area contributed by atoms with Crippen LogP contribution in [0.3, 0.4) is 0 Å². The van der Waals surface area contributed by atoms with Gasteiger partial charge in [-0.05, 0) is 33.6 Å². The fraction of sp³-hybridized carbons (Fsp3) is 0.846. The van der Waals surface area contributed by atoms with Crippen molar-refractivity contribution in [1.29, 1.82) is 0 Å². The summed E-state index contributed by atoms with van der Waals surface area (Å²) in [5.74, 6) is -6.13. The van der Waals surface area contributed by atoms with Gasteiger partial charge in [0.05, 0.1) is 7.11 Å². The van der Waals surface area contributed by atoms with Crippen molar-refractivity contribution in [3.63, 3.8) is 0 Å². The predicted molar refractivity (Wildman–Crippen MR) is 67.5 cm³/mol. The standard InChI is InChI=1S/C13H21F2NO4/c1-12(2,3)20-11(18)16-7-5-9(6-8-16)13(14,15)10(17)19-4/h9H,5-8H2,1-4H3. The summed E-state index contributed by atoms with van der Waals surface area (Å²) in [4.78, 5) is 24.2. The molecule has 1 rings (SSSR count). The van der Waals surface area contributed by atoms with E-state index in [4.69, 9.17) is 4.74 Å². The van der Waals surface area contributed by atoms with Gasteiger partial charge in [0.15, 0.2) is 0 Å². The number of hydrogen-bond acceptors (Lipinski definition) is 4. The number of nitrogens with zero attached hydrogens (tertiary/aromatic N) is 1. The topological polar surface area (TPSA) is 55.8 Å². The number of piperidine rings is 1. The SMILES string of the molecule is COC(=O)C(F)(F)C1CCN(C(=O)OC(C)(C)C)CC1. The number of amides is 1. The molecule has 7 heteroatoms. The minimum absolute atomic E-state index is 0.0430. The molecule has 0 aliphatic carbocycles. The van der Waals surface area contributed by atoms with Gasteiger partial charge in [-0.15, -0.1) is 0 Å². The molecule has 0 N–H and O–H groups in total. The molecule has 1 aliphatic heterocycles. The van der Waals surface area contributed by atoms with Crippen LogP contribution in [0, 0.1) is 5.92 Å². The zero-order chi connectivity index (χ0) is 15.6. The molecule has 116 valence electrons. The average Bonchev–Trinajstić information content (AvgIpc) is 2.35. The Bertz CT molecular complexity index is 371. The summed E-state index contributed by atoms with van der Waals surface area (Å²) in [5.41, 5.74) is -0.621. The minimum Gasteiger partial charge on any atom is -0.465 e. The molecule has 0 unspecified atom stereocenters. The third kappa shape index (κ3) is 4.05. The van der Waals surface area contributed by atoms with Gasteiger partial charge in [-0.3, -0.25) is 0 Å². The van der Waals surface area contributed by atoms with Crippen molar-refractivity contribution >= 4 is 12.1 Å². The fourth-order valence-corrected chi connectivity index (χ4v) is 2.05. The number of halogens is 2. The van der Waals surface area contributed by atoms with E-state index in [1.165, 1.54) is 4.90 Å². The second kappa shape index (κ2) is 5.93. The van der Waals surface area contributed by atoms with Crippen molar-refractivity contribution in [1.82, 2.24) is 4.90 Å². The van der Waals surface area contributed by atoms with Crippen LogP contribution in [0.1, 0.15) is 33.6 Å². The smallest absolute Gasteiger partial charge is 0.410 e. The summed E-state index contributed by atoms with van der Waals surface area (Å²) in [7, 11) is 0.937. The summed E-state index contributed by atoms with van der Waals surface area (Å²) < 4.78 is 36.7. The highest BCUT2D eigenvalue weighted by Gasteiger charge is 2.49. The van der Waals surface area contributed by atoms with E-state index in [0.29, 0.717) is 0 Å². The number of carbonyl (C=O) groups is 2. The number of ether oxygens (including phenoxy) is 2. The number of hydrogen-bond donors (Lipinski definition) is 0. The molecule has 1 saturated heterocycles. The minimum atomic E-state index is -3.51. The zero-order valence-corrected chi connectivity index (χ0v) is 12.2. The number of methoxy groups -OCH3 is 1. The Kier molecular flexibility index (Phi) is 4.94. The van der Waals surface area contributed by atoms with E-state index in [9.17, 15) is 18.4 Å². The Balaban J connectivity index is 2.56. The zero-order valence-electron chi connectivity index (χ0n) is 12.2. The van der Waals surface area contributed by atoms with E-state index in [-0.39, 0.29) is 25.9 Å². The van der Waals surface area contributed by atoms with Gasteiger partial charge in [-0.25, -0.2) is 9.59 Å². The maximum Gasteiger partial charge on any atom is 0.410 e. The average molecular weight is 293 g/mol. The molecule has 1 fully saturated rings. The van der Waals surface area contributed by atoms with E-state index >= 15 is 0 Å². The van der Waals surface area contributed by atoms with E-state index in [1.54, 1.807) is 20.8 Å². The van der Waals surface area contributed by atoms with Crippen molar-refractivity contribution in [3.8, 4) is 0 Å². The third-order valence-electron chi connectivity index (χ3n) is 3.12. The molecule has 0 aromatic rings. The second-order valence-corrected chi connectivity index (χ2v) is 5.86. The van der Waals surface area contributed by atoms with E-state index in [2.05, 4.69) is 4.74 Å².